The third kappa shape index (κ3) is 48.0. The Kier molecular flexibility index (Phi) is 47.4. The van der Waals surface area contributed by atoms with Gasteiger partial charge in [0.15, 0.2) is 6.10 Å². The van der Waals surface area contributed by atoms with E-state index in [1.807, 2.05) is 0 Å². The Bertz CT molecular complexity index is 1120. The third-order valence-electron chi connectivity index (χ3n) is 11.0. The molecule has 0 amide bonds. The molecule has 61 heavy (non-hydrogen) atoms. The highest BCUT2D eigenvalue weighted by molar-refractivity contribution is 5.71. The van der Waals surface area contributed by atoms with Gasteiger partial charge in [-0.3, -0.25) is 14.4 Å². The zero-order chi connectivity index (χ0) is 44.4. The molecule has 0 aromatic carbocycles. The van der Waals surface area contributed by atoms with Crippen molar-refractivity contribution in [3.05, 3.63) is 60.8 Å². The zero-order valence-electron chi connectivity index (χ0n) is 40.2. The minimum absolute atomic E-state index is 0.0888. The minimum atomic E-state index is -0.792. The first-order valence-electron chi connectivity index (χ1n) is 25.8. The number of rotatable bonds is 46. The molecule has 0 heterocycles. The largest absolute Gasteiger partial charge is 0.462 e. The molecule has 0 aromatic rings. The molecule has 0 fully saturated rings. The lowest BCUT2D eigenvalue weighted by atomic mass is 10.0. The number of hydrogen-bond acceptors (Lipinski definition) is 6. The molecule has 0 spiro atoms. The second-order valence-corrected chi connectivity index (χ2v) is 17.1. The van der Waals surface area contributed by atoms with Crippen molar-refractivity contribution in [2.45, 2.75) is 258 Å². The van der Waals surface area contributed by atoms with Crippen LogP contribution in [-0.4, -0.2) is 37.2 Å². The van der Waals surface area contributed by atoms with Crippen LogP contribution < -0.4 is 0 Å². The summed E-state index contributed by atoms with van der Waals surface area (Å²) in [6.45, 7) is 6.48. The number of allylic oxidation sites excluding steroid dienone is 10. The van der Waals surface area contributed by atoms with Gasteiger partial charge in [0.1, 0.15) is 13.2 Å². The topological polar surface area (TPSA) is 78.9 Å². The Morgan fingerprint density at radius 3 is 1.05 bits per heavy atom. The van der Waals surface area contributed by atoms with Crippen LogP contribution in [0.25, 0.3) is 0 Å². The first-order valence-corrected chi connectivity index (χ1v) is 25.8. The monoisotopic (exact) mass is 853 g/mol. The molecule has 0 N–H and O–H groups in total. The van der Waals surface area contributed by atoms with E-state index in [0.717, 1.165) is 96.3 Å². The number of hydrogen-bond donors (Lipinski definition) is 0. The van der Waals surface area contributed by atoms with Gasteiger partial charge in [-0.2, -0.15) is 0 Å². The van der Waals surface area contributed by atoms with Crippen molar-refractivity contribution < 1.29 is 28.6 Å². The molecule has 0 aliphatic heterocycles. The van der Waals surface area contributed by atoms with E-state index in [2.05, 4.69) is 81.5 Å². The van der Waals surface area contributed by atoms with E-state index >= 15 is 0 Å². The SMILES string of the molecule is CC/C=C\C/C=C\C/C=C\C/C=C\CCCCC(=O)OC[C@H](COC(=O)CCCCCCCCCCCCCCC)OC(=O)CCCCCCC/C=C\CCCCCCCC. The van der Waals surface area contributed by atoms with Gasteiger partial charge in [0.25, 0.3) is 0 Å². The second kappa shape index (κ2) is 49.8. The lowest BCUT2D eigenvalue weighted by Gasteiger charge is -2.18. The Morgan fingerprint density at radius 2 is 0.639 bits per heavy atom. The number of esters is 3. The fourth-order valence-corrected chi connectivity index (χ4v) is 7.13. The van der Waals surface area contributed by atoms with E-state index in [1.54, 1.807) is 0 Å². The Balaban J connectivity index is 4.45. The summed E-state index contributed by atoms with van der Waals surface area (Å²) in [7, 11) is 0. The zero-order valence-corrected chi connectivity index (χ0v) is 40.2. The van der Waals surface area contributed by atoms with Crippen molar-refractivity contribution in [3.63, 3.8) is 0 Å². The number of unbranched alkanes of at least 4 members (excludes halogenated alkanes) is 25. The van der Waals surface area contributed by atoms with Crippen LogP contribution in [-0.2, 0) is 28.6 Å². The van der Waals surface area contributed by atoms with Gasteiger partial charge in [-0.25, -0.2) is 0 Å². The Labute approximate surface area is 377 Å². The van der Waals surface area contributed by atoms with Gasteiger partial charge in [-0.15, -0.1) is 0 Å². The maximum Gasteiger partial charge on any atom is 0.306 e. The molecule has 0 aromatic heterocycles. The van der Waals surface area contributed by atoms with Gasteiger partial charge in [0.05, 0.1) is 0 Å². The molecular weight excluding hydrogens is 757 g/mol. The van der Waals surface area contributed by atoms with Gasteiger partial charge in [0, 0.05) is 19.3 Å². The normalized spacial score (nSPS) is 12.5. The maximum absolute atomic E-state index is 12.8. The van der Waals surface area contributed by atoms with Crippen molar-refractivity contribution >= 4 is 17.9 Å². The van der Waals surface area contributed by atoms with Gasteiger partial charge in [-0.05, 0) is 83.5 Å². The van der Waals surface area contributed by atoms with Crippen LogP contribution in [0.15, 0.2) is 60.8 Å². The van der Waals surface area contributed by atoms with E-state index in [9.17, 15) is 14.4 Å². The summed E-state index contributed by atoms with van der Waals surface area (Å²) in [5, 5.41) is 0. The molecule has 0 rings (SSSR count). The van der Waals surface area contributed by atoms with Crippen molar-refractivity contribution in [3.8, 4) is 0 Å². The van der Waals surface area contributed by atoms with Crippen LogP contribution >= 0.6 is 0 Å². The summed E-state index contributed by atoms with van der Waals surface area (Å²) in [5.74, 6) is -0.936. The fourth-order valence-electron chi connectivity index (χ4n) is 7.13. The van der Waals surface area contributed by atoms with E-state index in [-0.39, 0.29) is 31.1 Å². The molecule has 0 aliphatic carbocycles. The molecule has 0 unspecified atom stereocenters. The Hall–Kier alpha value is -2.89. The van der Waals surface area contributed by atoms with Crippen molar-refractivity contribution in [2.24, 2.45) is 0 Å². The average molecular weight is 853 g/mol. The molecule has 0 radical (unpaired) electrons. The maximum atomic E-state index is 12.8. The first kappa shape index (κ1) is 58.1. The molecular formula is C55H96O6. The number of ether oxygens (including phenoxy) is 3. The van der Waals surface area contributed by atoms with Crippen LogP contribution in [0, 0.1) is 0 Å². The summed E-state index contributed by atoms with van der Waals surface area (Å²) in [5.41, 5.74) is 0. The van der Waals surface area contributed by atoms with Crippen LogP contribution in [0.4, 0.5) is 0 Å². The molecule has 6 heteroatoms. The number of carbonyl (C=O) groups is 3. The molecule has 0 aliphatic rings. The van der Waals surface area contributed by atoms with Crippen molar-refractivity contribution in [2.75, 3.05) is 13.2 Å². The lowest BCUT2D eigenvalue weighted by Crippen LogP contribution is -2.30. The van der Waals surface area contributed by atoms with E-state index in [4.69, 9.17) is 14.2 Å². The second-order valence-electron chi connectivity index (χ2n) is 17.1. The standard InChI is InChI=1S/C55H96O6/c1-4-7-10-13-16-19-22-25-27-30-33-36-39-42-45-48-54(57)60-51-52(50-59-53(56)47-44-41-38-35-32-29-24-21-18-15-12-9-6-3)61-55(58)49-46-43-40-37-34-31-28-26-23-20-17-14-11-8-5-2/h7,10,16,19,25-28,33,36,52H,4-6,8-9,11-15,17-18,20-24,29-32,34-35,37-51H2,1-3H3/b10-7-,19-16-,27-25-,28-26-,36-33-/t52-/m0/s1. The summed E-state index contributed by atoms with van der Waals surface area (Å²) in [4.78, 5) is 37.9. The van der Waals surface area contributed by atoms with E-state index in [0.29, 0.717) is 19.3 Å². The predicted octanol–water partition coefficient (Wildman–Crippen LogP) is 16.9. The highest BCUT2D eigenvalue weighted by Crippen LogP contribution is 2.15. The lowest BCUT2D eigenvalue weighted by molar-refractivity contribution is -0.167. The highest BCUT2D eigenvalue weighted by Gasteiger charge is 2.19. The van der Waals surface area contributed by atoms with Gasteiger partial charge in [-0.1, -0.05) is 210 Å². The molecule has 1 atom stereocenters. The van der Waals surface area contributed by atoms with Crippen molar-refractivity contribution in [1.29, 1.82) is 0 Å². The third-order valence-corrected chi connectivity index (χ3v) is 11.0. The Morgan fingerprint density at radius 1 is 0.344 bits per heavy atom. The quantitative estimate of drug-likeness (QED) is 0.0263. The first-order chi connectivity index (χ1) is 30.0. The summed E-state index contributed by atoms with van der Waals surface area (Å²) in [6, 6.07) is 0. The molecule has 0 saturated heterocycles. The van der Waals surface area contributed by atoms with Gasteiger partial charge >= 0.3 is 17.9 Å². The molecule has 6 nitrogen and oxygen atoms in total. The van der Waals surface area contributed by atoms with E-state index in [1.165, 1.54) is 116 Å². The predicted molar refractivity (Wildman–Crippen MR) is 261 cm³/mol. The minimum Gasteiger partial charge on any atom is -0.462 e. The van der Waals surface area contributed by atoms with Crippen LogP contribution in [0.3, 0.4) is 0 Å². The smallest absolute Gasteiger partial charge is 0.306 e. The van der Waals surface area contributed by atoms with Crippen LogP contribution in [0.2, 0.25) is 0 Å². The summed E-state index contributed by atoms with van der Waals surface area (Å²) in [6.07, 6.45) is 60.6. The van der Waals surface area contributed by atoms with E-state index < -0.39 is 6.10 Å². The molecule has 0 bridgehead atoms. The number of carbonyl (C=O) groups excluding carboxylic acids is 3. The fraction of sp³-hybridized carbons (Fsp3) is 0.764. The summed E-state index contributed by atoms with van der Waals surface area (Å²) < 4.78 is 16.8. The summed E-state index contributed by atoms with van der Waals surface area (Å²) >= 11 is 0. The highest BCUT2D eigenvalue weighted by atomic mass is 16.6. The van der Waals surface area contributed by atoms with Gasteiger partial charge in [0.2, 0.25) is 0 Å². The molecule has 0 saturated carbocycles. The average Bonchev–Trinajstić information content (AvgIpc) is 3.26. The van der Waals surface area contributed by atoms with Gasteiger partial charge < -0.3 is 14.2 Å². The van der Waals surface area contributed by atoms with Crippen LogP contribution in [0.1, 0.15) is 252 Å². The van der Waals surface area contributed by atoms with Crippen molar-refractivity contribution in [1.82, 2.24) is 0 Å². The molecule has 352 valence electrons. The van der Waals surface area contributed by atoms with Crippen LogP contribution in [0.5, 0.6) is 0 Å².